The van der Waals surface area contributed by atoms with E-state index in [0.29, 0.717) is 11.3 Å². The molecule has 2 rings (SSSR count). The summed E-state index contributed by atoms with van der Waals surface area (Å²) in [6.07, 6.45) is -4.37. The van der Waals surface area contributed by atoms with Crippen molar-refractivity contribution in [2.75, 3.05) is 5.32 Å². The fourth-order valence-electron chi connectivity index (χ4n) is 1.71. The Labute approximate surface area is 128 Å². The first-order chi connectivity index (χ1) is 9.77. The maximum Gasteiger partial charge on any atom is 0.416 e. The maximum absolute atomic E-state index is 13.0. The van der Waals surface area contributed by atoms with Crippen molar-refractivity contribution < 1.29 is 17.6 Å². The molecule has 2 aromatic rings. The second-order valence-corrected chi connectivity index (χ2v) is 5.11. The van der Waals surface area contributed by atoms with Crippen molar-refractivity contribution in [2.45, 2.75) is 12.7 Å². The topological polar surface area (TPSA) is 12.0 Å². The molecule has 21 heavy (non-hydrogen) atoms. The van der Waals surface area contributed by atoms with Crippen molar-refractivity contribution in [3.8, 4) is 0 Å². The number of anilines is 1. The van der Waals surface area contributed by atoms with Crippen LogP contribution < -0.4 is 5.32 Å². The molecule has 1 nitrogen and oxygen atoms in total. The Morgan fingerprint density at radius 2 is 1.48 bits per heavy atom. The lowest BCUT2D eigenvalue weighted by molar-refractivity contribution is -0.137. The van der Waals surface area contributed by atoms with Crippen LogP contribution in [0.4, 0.5) is 23.2 Å². The van der Waals surface area contributed by atoms with Crippen molar-refractivity contribution in [3.63, 3.8) is 0 Å². The summed E-state index contributed by atoms with van der Waals surface area (Å²) in [5.41, 5.74) is 0.225. The van der Waals surface area contributed by atoms with Gasteiger partial charge in [-0.3, -0.25) is 0 Å². The van der Waals surface area contributed by atoms with Gasteiger partial charge in [0.2, 0.25) is 0 Å². The standard InChI is InChI=1S/C14H9Cl2F4N/c15-11-5-10(17)6-12(16)13(11)21-7-8-1-3-9(4-2-8)14(18,19)20/h1-6,21H,7H2. The normalized spacial score (nSPS) is 11.5. The van der Waals surface area contributed by atoms with Gasteiger partial charge >= 0.3 is 6.18 Å². The first-order valence-electron chi connectivity index (χ1n) is 5.82. The lowest BCUT2D eigenvalue weighted by Gasteiger charge is -2.12. The van der Waals surface area contributed by atoms with Gasteiger partial charge < -0.3 is 5.32 Å². The lowest BCUT2D eigenvalue weighted by Crippen LogP contribution is -2.06. The van der Waals surface area contributed by atoms with Gasteiger partial charge in [-0.15, -0.1) is 0 Å². The first kappa shape index (κ1) is 15.9. The minimum atomic E-state index is -4.37. The fourth-order valence-corrected chi connectivity index (χ4v) is 2.31. The van der Waals surface area contributed by atoms with Crippen molar-refractivity contribution in [3.05, 3.63) is 63.4 Å². The second-order valence-electron chi connectivity index (χ2n) is 4.29. The molecule has 1 N–H and O–H groups in total. The Hall–Kier alpha value is -1.46. The van der Waals surface area contributed by atoms with Gasteiger partial charge in [0.15, 0.2) is 0 Å². The van der Waals surface area contributed by atoms with Gasteiger partial charge in [0, 0.05) is 6.54 Å². The third-order valence-corrected chi connectivity index (χ3v) is 3.35. The van der Waals surface area contributed by atoms with Crippen LogP contribution in [0.1, 0.15) is 11.1 Å². The maximum atomic E-state index is 13.0. The van der Waals surface area contributed by atoms with E-state index in [1.165, 1.54) is 12.1 Å². The summed E-state index contributed by atoms with van der Waals surface area (Å²) in [5, 5.41) is 3.08. The zero-order valence-electron chi connectivity index (χ0n) is 10.4. The minimum absolute atomic E-state index is 0.104. The molecule has 0 aromatic heterocycles. The van der Waals surface area contributed by atoms with E-state index in [1.54, 1.807) is 0 Å². The fraction of sp³-hybridized carbons (Fsp3) is 0.143. The average Bonchev–Trinajstić information content (AvgIpc) is 2.37. The summed E-state index contributed by atoms with van der Waals surface area (Å²) in [5.74, 6) is -0.565. The molecule has 0 heterocycles. The number of nitrogens with one attached hydrogen (secondary N) is 1. The highest BCUT2D eigenvalue weighted by Gasteiger charge is 2.29. The number of rotatable bonds is 3. The highest BCUT2D eigenvalue weighted by atomic mass is 35.5. The Bertz CT molecular complexity index is 615. The Morgan fingerprint density at radius 3 is 1.95 bits per heavy atom. The van der Waals surface area contributed by atoms with Crippen LogP contribution in [0.3, 0.4) is 0 Å². The monoisotopic (exact) mass is 337 g/mol. The first-order valence-corrected chi connectivity index (χ1v) is 6.57. The van der Waals surface area contributed by atoms with E-state index in [4.69, 9.17) is 23.2 Å². The molecule has 0 radical (unpaired) electrons. The Balaban J connectivity index is 2.10. The lowest BCUT2D eigenvalue weighted by atomic mass is 10.1. The number of benzene rings is 2. The molecule has 0 spiro atoms. The molecule has 0 atom stereocenters. The van der Waals surface area contributed by atoms with Crippen molar-refractivity contribution in [1.82, 2.24) is 0 Å². The van der Waals surface area contributed by atoms with Crippen LogP contribution in [-0.4, -0.2) is 0 Å². The van der Waals surface area contributed by atoms with Crippen molar-refractivity contribution in [1.29, 1.82) is 0 Å². The van der Waals surface area contributed by atoms with E-state index >= 15 is 0 Å². The quantitative estimate of drug-likeness (QED) is 0.701. The molecule has 7 heteroatoms. The average molecular weight is 338 g/mol. The molecule has 112 valence electrons. The van der Waals surface area contributed by atoms with Crippen LogP contribution in [0.15, 0.2) is 36.4 Å². The zero-order valence-corrected chi connectivity index (χ0v) is 12.0. The van der Waals surface area contributed by atoms with E-state index in [2.05, 4.69) is 5.32 Å². The summed E-state index contributed by atoms with van der Waals surface area (Å²) >= 11 is 11.7. The van der Waals surface area contributed by atoms with Gasteiger partial charge in [-0.05, 0) is 29.8 Å². The van der Waals surface area contributed by atoms with Gasteiger partial charge in [-0.1, -0.05) is 35.3 Å². The van der Waals surface area contributed by atoms with Gasteiger partial charge in [0.1, 0.15) is 5.82 Å². The third-order valence-electron chi connectivity index (χ3n) is 2.76. The van der Waals surface area contributed by atoms with Gasteiger partial charge in [-0.2, -0.15) is 13.2 Å². The third kappa shape index (κ3) is 4.02. The van der Waals surface area contributed by atoms with Gasteiger partial charge in [-0.25, -0.2) is 4.39 Å². The van der Waals surface area contributed by atoms with E-state index in [9.17, 15) is 17.6 Å². The van der Waals surface area contributed by atoms with Crippen LogP contribution in [0.5, 0.6) is 0 Å². The van der Waals surface area contributed by atoms with Crippen LogP contribution >= 0.6 is 23.2 Å². The SMILES string of the molecule is Fc1cc(Cl)c(NCc2ccc(C(F)(F)F)cc2)c(Cl)c1. The van der Waals surface area contributed by atoms with Gasteiger partial charge in [0.05, 0.1) is 21.3 Å². The van der Waals surface area contributed by atoms with E-state index in [-0.39, 0.29) is 16.6 Å². The molecule has 0 saturated carbocycles. The second kappa shape index (κ2) is 6.12. The van der Waals surface area contributed by atoms with E-state index in [1.807, 2.05) is 0 Å². The summed E-state index contributed by atoms with van der Waals surface area (Å²) in [6.45, 7) is 0.212. The molecule has 0 fully saturated rings. The minimum Gasteiger partial charge on any atom is -0.379 e. The summed E-state index contributed by atoms with van der Waals surface area (Å²) < 4.78 is 50.3. The molecule has 2 aromatic carbocycles. The summed E-state index contributed by atoms with van der Waals surface area (Å²) in [6, 6.07) is 6.88. The van der Waals surface area contributed by atoms with Gasteiger partial charge in [0.25, 0.3) is 0 Å². The molecule has 0 aliphatic heterocycles. The predicted molar refractivity (Wildman–Crippen MR) is 75.2 cm³/mol. The number of hydrogen-bond donors (Lipinski definition) is 1. The van der Waals surface area contributed by atoms with Crippen LogP contribution in [0, 0.1) is 5.82 Å². The van der Waals surface area contributed by atoms with Crippen molar-refractivity contribution in [2.24, 2.45) is 0 Å². The molecule has 0 amide bonds. The smallest absolute Gasteiger partial charge is 0.379 e. The molecular formula is C14H9Cl2F4N. The summed E-state index contributed by atoms with van der Waals surface area (Å²) in [4.78, 5) is 0. The van der Waals surface area contributed by atoms with E-state index in [0.717, 1.165) is 24.3 Å². The molecule has 0 aliphatic carbocycles. The zero-order chi connectivity index (χ0) is 15.6. The highest BCUT2D eigenvalue weighted by molar-refractivity contribution is 6.39. The Morgan fingerprint density at radius 1 is 0.952 bits per heavy atom. The molecule has 0 aliphatic rings. The number of alkyl halides is 3. The largest absolute Gasteiger partial charge is 0.416 e. The van der Waals surface area contributed by atoms with Crippen LogP contribution in [0.2, 0.25) is 10.0 Å². The highest BCUT2D eigenvalue weighted by Crippen LogP contribution is 2.32. The Kier molecular flexibility index (Phi) is 4.64. The number of halogens is 6. The number of hydrogen-bond acceptors (Lipinski definition) is 1. The van der Waals surface area contributed by atoms with Crippen LogP contribution in [-0.2, 0) is 12.7 Å². The summed E-state index contributed by atoms with van der Waals surface area (Å²) in [7, 11) is 0. The predicted octanol–water partition coefficient (Wildman–Crippen LogP) is 5.76. The van der Waals surface area contributed by atoms with E-state index < -0.39 is 17.6 Å². The molecule has 0 unspecified atom stereocenters. The van der Waals surface area contributed by atoms with Crippen LogP contribution in [0.25, 0.3) is 0 Å². The van der Waals surface area contributed by atoms with Crippen molar-refractivity contribution >= 4 is 28.9 Å². The molecule has 0 saturated heterocycles. The molecule has 0 bridgehead atoms. The molecular weight excluding hydrogens is 329 g/mol.